The van der Waals surface area contributed by atoms with Crippen molar-refractivity contribution in [2.75, 3.05) is 7.05 Å². The molecule has 0 spiro atoms. The van der Waals surface area contributed by atoms with Crippen molar-refractivity contribution in [2.24, 2.45) is 0 Å². The summed E-state index contributed by atoms with van der Waals surface area (Å²) in [5.41, 5.74) is 0.826. The Bertz CT molecular complexity index is 320. The van der Waals surface area contributed by atoms with Crippen LogP contribution in [0.15, 0.2) is 18.2 Å². The summed E-state index contributed by atoms with van der Waals surface area (Å²) >= 11 is 0. The van der Waals surface area contributed by atoms with Crippen LogP contribution in [0.25, 0.3) is 0 Å². The van der Waals surface area contributed by atoms with E-state index in [0.29, 0.717) is 6.54 Å². The van der Waals surface area contributed by atoms with Gasteiger partial charge in [0.1, 0.15) is 8.96 Å². The molecule has 0 atom stereocenters. The lowest BCUT2D eigenvalue weighted by atomic mass is 10.2. The zero-order valence-electron chi connectivity index (χ0n) is 9.13. The van der Waals surface area contributed by atoms with Crippen molar-refractivity contribution in [2.45, 2.75) is 19.6 Å². The van der Waals surface area contributed by atoms with E-state index in [1.807, 2.05) is 7.05 Å². The summed E-state index contributed by atoms with van der Waals surface area (Å²) < 4.78 is 27.7. The van der Waals surface area contributed by atoms with Gasteiger partial charge in [0.2, 0.25) is 0 Å². The highest BCUT2D eigenvalue weighted by Crippen LogP contribution is 2.10. The Labute approximate surface area is 97.2 Å². The third kappa shape index (κ3) is 4.28. The van der Waals surface area contributed by atoms with Gasteiger partial charge in [-0.05, 0) is 24.7 Å². The molecule has 1 aromatic carbocycles. The van der Waals surface area contributed by atoms with Gasteiger partial charge in [0, 0.05) is 6.54 Å². The van der Waals surface area contributed by atoms with Crippen LogP contribution in [-0.2, 0) is 6.54 Å². The van der Waals surface area contributed by atoms with E-state index in [0.717, 1.165) is 5.56 Å². The lowest BCUT2D eigenvalue weighted by Crippen LogP contribution is -2.29. The summed E-state index contributed by atoms with van der Waals surface area (Å²) in [6.07, 6.45) is 0. The minimum absolute atomic E-state index is 0. The Hall–Kier alpha value is -0.453. The smallest absolute Gasteiger partial charge is 0.159 e. The molecule has 5 heteroatoms. The first-order valence-electron chi connectivity index (χ1n) is 4.65. The molecule has 0 radical (unpaired) electrons. The molecule has 0 bridgehead atoms. The van der Waals surface area contributed by atoms with Crippen LogP contribution >= 0.6 is 12.4 Å². The summed E-state index contributed by atoms with van der Waals surface area (Å²) in [5, 5.41) is 0. The van der Waals surface area contributed by atoms with E-state index in [-0.39, 0.29) is 12.4 Å². The van der Waals surface area contributed by atoms with Crippen LogP contribution in [-0.4, -0.2) is 20.6 Å². The zero-order valence-corrected chi connectivity index (χ0v) is 11.1. The molecular formula is C10H16ClF2NSi. The van der Waals surface area contributed by atoms with Crippen LogP contribution in [0.1, 0.15) is 5.56 Å². The second-order valence-corrected chi connectivity index (χ2v) is 6.83. The van der Waals surface area contributed by atoms with E-state index in [1.165, 1.54) is 12.1 Å². The van der Waals surface area contributed by atoms with Gasteiger partial charge in [-0.25, -0.2) is 8.78 Å². The molecule has 0 amide bonds. The fraction of sp³-hybridized carbons (Fsp3) is 0.400. The first kappa shape index (κ1) is 14.5. The summed E-state index contributed by atoms with van der Waals surface area (Å²) in [7, 11) is 1.17. The molecule has 0 fully saturated rings. The quantitative estimate of drug-likeness (QED) is 0.747. The Morgan fingerprint density at radius 2 is 1.80 bits per heavy atom. The number of rotatable bonds is 3. The van der Waals surface area contributed by atoms with Crippen LogP contribution in [0.2, 0.25) is 13.1 Å². The van der Waals surface area contributed by atoms with Gasteiger partial charge in [-0.3, -0.25) is 0 Å². The van der Waals surface area contributed by atoms with Crippen molar-refractivity contribution in [3.05, 3.63) is 35.4 Å². The highest BCUT2D eigenvalue weighted by atomic mass is 35.5. The number of halogens is 3. The fourth-order valence-corrected chi connectivity index (χ4v) is 1.68. The third-order valence-electron chi connectivity index (χ3n) is 2.30. The maximum atomic E-state index is 12.8. The molecule has 1 rings (SSSR count). The van der Waals surface area contributed by atoms with E-state index in [1.54, 1.807) is 6.07 Å². The lowest BCUT2D eigenvalue weighted by Gasteiger charge is -2.20. The second-order valence-electron chi connectivity index (χ2n) is 3.76. The van der Waals surface area contributed by atoms with Gasteiger partial charge in [-0.2, -0.15) is 0 Å². The molecule has 0 aliphatic rings. The maximum Gasteiger partial charge on any atom is 0.159 e. The SMILES string of the molecule is CN(Cc1ccc(F)c(F)c1)[SiH](C)C.Cl. The monoisotopic (exact) mass is 251 g/mol. The number of hydrogen-bond acceptors (Lipinski definition) is 1. The Morgan fingerprint density at radius 1 is 1.20 bits per heavy atom. The molecule has 0 N–H and O–H groups in total. The zero-order chi connectivity index (χ0) is 10.7. The van der Waals surface area contributed by atoms with Crippen LogP contribution < -0.4 is 0 Å². The molecule has 1 nitrogen and oxygen atoms in total. The average molecular weight is 252 g/mol. The molecule has 0 aromatic heterocycles. The predicted octanol–water partition coefficient (Wildman–Crippen LogP) is 2.80. The maximum absolute atomic E-state index is 12.8. The molecule has 15 heavy (non-hydrogen) atoms. The van der Waals surface area contributed by atoms with E-state index < -0.39 is 20.6 Å². The van der Waals surface area contributed by atoms with E-state index >= 15 is 0 Å². The lowest BCUT2D eigenvalue weighted by molar-refractivity contribution is 0.493. The molecule has 0 aliphatic heterocycles. The molecule has 0 aliphatic carbocycles. The molecule has 0 heterocycles. The highest BCUT2D eigenvalue weighted by molar-refractivity contribution is 6.52. The summed E-state index contributed by atoms with van der Waals surface area (Å²) in [6.45, 7) is 5.08. The van der Waals surface area contributed by atoms with Gasteiger partial charge in [-0.15, -0.1) is 12.4 Å². The van der Waals surface area contributed by atoms with E-state index in [2.05, 4.69) is 17.7 Å². The molecule has 0 saturated heterocycles. The summed E-state index contributed by atoms with van der Waals surface area (Å²) in [6, 6.07) is 4.08. The van der Waals surface area contributed by atoms with Gasteiger partial charge in [0.25, 0.3) is 0 Å². The van der Waals surface area contributed by atoms with E-state index in [9.17, 15) is 8.78 Å². The van der Waals surface area contributed by atoms with Gasteiger partial charge in [0.15, 0.2) is 11.6 Å². The largest absolute Gasteiger partial charge is 0.325 e. The molecule has 1 aromatic rings. The van der Waals surface area contributed by atoms with Crippen molar-refractivity contribution in [3.8, 4) is 0 Å². The normalized spacial score (nSPS) is 10.6. The highest BCUT2D eigenvalue weighted by Gasteiger charge is 2.07. The van der Waals surface area contributed by atoms with Crippen LogP contribution in [0.3, 0.4) is 0 Å². The van der Waals surface area contributed by atoms with E-state index in [4.69, 9.17) is 0 Å². The predicted molar refractivity (Wildman–Crippen MR) is 64.0 cm³/mol. The van der Waals surface area contributed by atoms with Crippen molar-refractivity contribution in [1.82, 2.24) is 4.57 Å². The number of benzene rings is 1. The Morgan fingerprint density at radius 3 is 2.27 bits per heavy atom. The first-order valence-corrected chi connectivity index (χ1v) is 7.47. The number of nitrogens with zero attached hydrogens (tertiary/aromatic N) is 1. The minimum atomic E-state index is -0.845. The van der Waals surface area contributed by atoms with Crippen LogP contribution in [0, 0.1) is 11.6 Å². The van der Waals surface area contributed by atoms with Gasteiger partial charge in [0.05, 0.1) is 0 Å². The standard InChI is InChI=1S/C10H15F2NSi.ClH/c1-13(14(2)3)7-8-4-5-9(11)10(12)6-8;/h4-6,14H,7H2,1-3H3;1H. The summed E-state index contributed by atoms with van der Waals surface area (Å²) in [5.74, 6) is -1.54. The van der Waals surface area contributed by atoms with Gasteiger partial charge >= 0.3 is 0 Å². The Balaban J connectivity index is 0.00000196. The van der Waals surface area contributed by atoms with Crippen molar-refractivity contribution in [1.29, 1.82) is 0 Å². The topological polar surface area (TPSA) is 3.24 Å². The Kier molecular flexibility index (Phi) is 6.01. The van der Waals surface area contributed by atoms with Crippen molar-refractivity contribution in [3.63, 3.8) is 0 Å². The second kappa shape index (κ2) is 6.20. The van der Waals surface area contributed by atoms with Crippen molar-refractivity contribution >= 4 is 21.4 Å². The fourth-order valence-electron chi connectivity index (χ4n) is 1.11. The molecule has 86 valence electrons. The molecular weight excluding hydrogens is 236 g/mol. The van der Waals surface area contributed by atoms with Crippen LogP contribution in [0.5, 0.6) is 0 Å². The number of hydrogen-bond donors (Lipinski definition) is 0. The average Bonchev–Trinajstić information content (AvgIpc) is 2.11. The van der Waals surface area contributed by atoms with Gasteiger partial charge < -0.3 is 4.57 Å². The summed E-state index contributed by atoms with van der Waals surface area (Å²) in [4.78, 5) is 0. The van der Waals surface area contributed by atoms with Gasteiger partial charge in [-0.1, -0.05) is 19.2 Å². The molecule has 0 unspecified atom stereocenters. The third-order valence-corrected chi connectivity index (χ3v) is 4.24. The van der Waals surface area contributed by atoms with Crippen LogP contribution in [0.4, 0.5) is 8.78 Å². The molecule has 0 saturated carbocycles. The first-order chi connectivity index (χ1) is 6.50. The minimum Gasteiger partial charge on any atom is -0.325 e. The van der Waals surface area contributed by atoms with Crippen molar-refractivity contribution < 1.29 is 8.78 Å².